The molecule has 3 rings (SSSR count). The Morgan fingerprint density at radius 1 is 1.00 bits per heavy atom. The number of aliphatic hydroxyl groups is 5. The Balaban J connectivity index is 1.75. The molecule has 0 saturated carbocycles. The minimum Gasteiger partial charge on any atom is -0.464 e. The fraction of sp³-hybridized carbons (Fsp3) is 0.500. The molecule has 186 valence electrons. The molecule has 34 heavy (non-hydrogen) atoms. The van der Waals surface area contributed by atoms with Gasteiger partial charge in [0, 0.05) is 41.9 Å². The van der Waals surface area contributed by atoms with Crippen LogP contribution < -0.4 is 5.63 Å². The van der Waals surface area contributed by atoms with Gasteiger partial charge in [0.1, 0.15) is 35.6 Å². The quantitative estimate of drug-likeness (QED) is 0.272. The fourth-order valence-corrected chi connectivity index (χ4v) is 4.08. The van der Waals surface area contributed by atoms with E-state index in [1.165, 1.54) is 7.05 Å². The first-order chi connectivity index (χ1) is 16.0. The van der Waals surface area contributed by atoms with Crippen molar-refractivity contribution in [1.29, 1.82) is 0 Å². The van der Waals surface area contributed by atoms with Gasteiger partial charge >= 0.3 is 5.63 Å². The number of nitrogens with zero attached hydrogens (tertiary/aromatic N) is 1. The van der Waals surface area contributed by atoms with Crippen molar-refractivity contribution >= 4 is 27.8 Å². The molecular weight excluding hydrogens is 446 g/mol. The van der Waals surface area contributed by atoms with Gasteiger partial charge in [-0.25, -0.2) is 4.79 Å². The summed E-state index contributed by atoms with van der Waals surface area (Å²) in [6.45, 7) is 4.44. The van der Waals surface area contributed by atoms with E-state index in [-0.39, 0.29) is 19.4 Å². The monoisotopic (exact) mass is 477 g/mol. The molecule has 0 aliphatic rings. The maximum Gasteiger partial charge on any atom is 0.339 e. The molecular formula is C24H31NO9. The second kappa shape index (κ2) is 10.2. The molecule has 0 spiro atoms. The zero-order valence-electron chi connectivity index (χ0n) is 19.6. The van der Waals surface area contributed by atoms with Gasteiger partial charge in [-0.2, -0.15) is 0 Å². The van der Waals surface area contributed by atoms with Crippen molar-refractivity contribution in [2.45, 2.75) is 58.0 Å². The lowest BCUT2D eigenvalue weighted by Gasteiger charge is -2.28. The van der Waals surface area contributed by atoms with Crippen molar-refractivity contribution in [3.63, 3.8) is 0 Å². The molecule has 0 radical (unpaired) electrons. The van der Waals surface area contributed by atoms with Crippen molar-refractivity contribution in [1.82, 2.24) is 4.90 Å². The summed E-state index contributed by atoms with van der Waals surface area (Å²) in [4.78, 5) is 26.5. The topological polar surface area (TPSA) is 165 Å². The molecule has 2 aromatic heterocycles. The summed E-state index contributed by atoms with van der Waals surface area (Å²) in [5, 5.41) is 49.7. The summed E-state index contributed by atoms with van der Waals surface area (Å²) < 4.78 is 11.2. The third-order valence-electron chi connectivity index (χ3n) is 6.34. The molecule has 0 bridgehead atoms. The standard InChI is InChI=1S/C24H31NO9/c1-11-10-33-22-13(3)23-16(7-15(11)22)12(2)14(24(32)34-23)5-6-19(29)25(4)8-17(27)20(30)21(31)18(28)9-26/h7,10,17-18,20-21,26-28,30-31H,5-6,8-9H2,1-4H3. The predicted octanol–water partition coefficient (Wildman–Crippen LogP) is 0.291. The summed E-state index contributed by atoms with van der Waals surface area (Å²) in [7, 11) is 1.41. The van der Waals surface area contributed by atoms with Crippen LogP contribution in [0.25, 0.3) is 21.9 Å². The van der Waals surface area contributed by atoms with Crippen LogP contribution in [0.4, 0.5) is 0 Å². The SMILES string of the molecule is Cc1coc2c(C)c3oc(=O)c(CCC(=O)N(C)CC(O)C(O)C(O)C(O)CO)c(C)c3cc12. The maximum absolute atomic E-state index is 12.7. The molecule has 4 unspecified atom stereocenters. The molecule has 10 nitrogen and oxygen atoms in total. The number of likely N-dealkylation sites (N-methyl/N-ethyl adjacent to an activating group) is 1. The molecule has 2 heterocycles. The van der Waals surface area contributed by atoms with Crippen LogP contribution in [0.15, 0.2) is 26.0 Å². The number of amides is 1. The van der Waals surface area contributed by atoms with Gasteiger partial charge in [-0.3, -0.25) is 4.79 Å². The summed E-state index contributed by atoms with van der Waals surface area (Å²) in [5.41, 5.74) is 3.33. The van der Waals surface area contributed by atoms with E-state index >= 15 is 0 Å². The number of furan rings is 1. The Kier molecular flexibility index (Phi) is 7.79. The largest absolute Gasteiger partial charge is 0.464 e. The zero-order chi connectivity index (χ0) is 25.3. The molecule has 0 saturated heterocycles. The minimum atomic E-state index is -1.78. The second-order valence-corrected chi connectivity index (χ2v) is 8.74. The lowest BCUT2D eigenvalue weighted by atomic mass is 9.98. The highest BCUT2D eigenvalue weighted by Crippen LogP contribution is 2.32. The van der Waals surface area contributed by atoms with Crippen molar-refractivity contribution in [3.05, 3.63) is 45.0 Å². The van der Waals surface area contributed by atoms with Crippen LogP contribution >= 0.6 is 0 Å². The van der Waals surface area contributed by atoms with Gasteiger partial charge in [0.05, 0.1) is 12.9 Å². The lowest BCUT2D eigenvalue weighted by molar-refractivity contribution is -0.137. The normalized spacial score (nSPS) is 15.4. The lowest BCUT2D eigenvalue weighted by Crippen LogP contribution is -2.50. The zero-order valence-corrected chi connectivity index (χ0v) is 19.6. The van der Waals surface area contributed by atoms with Crippen molar-refractivity contribution in [3.8, 4) is 0 Å². The predicted molar refractivity (Wildman–Crippen MR) is 124 cm³/mol. The Morgan fingerprint density at radius 2 is 1.65 bits per heavy atom. The Labute approximate surface area is 195 Å². The van der Waals surface area contributed by atoms with Gasteiger partial charge in [0.15, 0.2) is 0 Å². The van der Waals surface area contributed by atoms with Crippen molar-refractivity contribution < 1.29 is 39.2 Å². The van der Waals surface area contributed by atoms with E-state index in [2.05, 4.69) is 0 Å². The van der Waals surface area contributed by atoms with Gasteiger partial charge in [-0.05, 0) is 44.4 Å². The van der Waals surface area contributed by atoms with E-state index in [0.29, 0.717) is 22.3 Å². The number of aliphatic hydroxyl groups excluding tert-OH is 5. The Bertz CT molecular complexity index is 1240. The van der Waals surface area contributed by atoms with Gasteiger partial charge in [0.2, 0.25) is 5.91 Å². The van der Waals surface area contributed by atoms with E-state index in [0.717, 1.165) is 26.8 Å². The van der Waals surface area contributed by atoms with Crippen LogP contribution in [0, 0.1) is 20.8 Å². The number of hydrogen-bond acceptors (Lipinski definition) is 9. The third-order valence-corrected chi connectivity index (χ3v) is 6.34. The third kappa shape index (κ3) is 4.86. The Morgan fingerprint density at radius 3 is 2.29 bits per heavy atom. The number of aryl methyl sites for hydroxylation is 3. The first-order valence-electron chi connectivity index (χ1n) is 11.0. The molecule has 1 amide bonds. The number of rotatable bonds is 9. The highest BCUT2D eigenvalue weighted by atomic mass is 16.4. The van der Waals surface area contributed by atoms with E-state index in [1.54, 1.807) is 13.2 Å². The number of carbonyl (C=O) groups excluding carboxylic acids is 1. The van der Waals surface area contributed by atoms with Crippen LogP contribution in [0.1, 0.15) is 28.7 Å². The minimum absolute atomic E-state index is 0.0514. The van der Waals surface area contributed by atoms with E-state index < -0.39 is 42.6 Å². The molecule has 10 heteroatoms. The number of hydrogen-bond donors (Lipinski definition) is 5. The van der Waals surface area contributed by atoms with Gasteiger partial charge in [-0.1, -0.05) is 0 Å². The average molecular weight is 478 g/mol. The van der Waals surface area contributed by atoms with Crippen LogP contribution in [-0.2, 0) is 11.2 Å². The van der Waals surface area contributed by atoms with Gasteiger partial charge < -0.3 is 39.3 Å². The molecule has 5 N–H and O–H groups in total. The number of benzene rings is 1. The van der Waals surface area contributed by atoms with E-state index in [9.17, 15) is 30.0 Å². The Hall–Kier alpha value is -2.76. The highest BCUT2D eigenvalue weighted by molar-refractivity contribution is 5.99. The van der Waals surface area contributed by atoms with Crippen molar-refractivity contribution in [2.75, 3.05) is 20.2 Å². The molecule has 0 fully saturated rings. The average Bonchev–Trinajstić information content (AvgIpc) is 3.18. The molecule has 1 aromatic carbocycles. The first kappa shape index (κ1) is 25.9. The summed E-state index contributed by atoms with van der Waals surface area (Å²) in [6.07, 6.45) is -5.02. The summed E-state index contributed by atoms with van der Waals surface area (Å²) in [6, 6.07) is 1.91. The fourth-order valence-electron chi connectivity index (χ4n) is 4.08. The molecule has 3 aromatic rings. The molecule has 0 aliphatic carbocycles. The smallest absolute Gasteiger partial charge is 0.339 e. The highest BCUT2D eigenvalue weighted by Gasteiger charge is 2.31. The van der Waals surface area contributed by atoms with Crippen LogP contribution in [-0.4, -0.2) is 81.0 Å². The number of fused-ring (bicyclic) bond motifs is 2. The van der Waals surface area contributed by atoms with Crippen LogP contribution in [0.5, 0.6) is 0 Å². The first-order valence-corrected chi connectivity index (χ1v) is 11.0. The van der Waals surface area contributed by atoms with Gasteiger partial charge in [0.25, 0.3) is 0 Å². The maximum atomic E-state index is 12.7. The van der Waals surface area contributed by atoms with E-state index in [1.807, 2.05) is 19.9 Å². The number of carbonyl (C=O) groups is 1. The van der Waals surface area contributed by atoms with Crippen LogP contribution in [0.3, 0.4) is 0 Å². The van der Waals surface area contributed by atoms with Crippen LogP contribution in [0.2, 0.25) is 0 Å². The second-order valence-electron chi connectivity index (χ2n) is 8.74. The van der Waals surface area contributed by atoms with Crippen molar-refractivity contribution in [2.24, 2.45) is 0 Å². The van der Waals surface area contributed by atoms with E-state index in [4.69, 9.17) is 13.9 Å². The summed E-state index contributed by atoms with van der Waals surface area (Å²) >= 11 is 0. The summed E-state index contributed by atoms with van der Waals surface area (Å²) in [5.74, 6) is -0.403. The molecule has 0 aliphatic heterocycles. The molecule has 4 atom stereocenters. The van der Waals surface area contributed by atoms with Gasteiger partial charge in [-0.15, -0.1) is 0 Å².